The topological polar surface area (TPSA) is 77.1 Å². The van der Waals surface area contributed by atoms with Crippen LogP contribution in [-0.4, -0.2) is 44.6 Å². The van der Waals surface area contributed by atoms with Gasteiger partial charge in [0, 0.05) is 30.9 Å². The van der Waals surface area contributed by atoms with Gasteiger partial charge in [-0.2, -0.15) is 0 Å². The molecule has 0 fully saturated rings. The summed E-state index contributed by atoms with van der Waals surface area (Å²) in [5, 5.41) is 2.82. The Balaban J connectivity index is 1.94. The Kier molecular flexibility index (Phi) is 5.21. The number of hydrogen-bond acceptors (Lipinski definition) is 5. The summed E-state index contributed by atoms with van der Waals surface area (Å²) in [5.41, 5.74) is 2.15. The summed E-state index contributed by atoms with van der Waals surface area (Å²) in [7, 11) is 4.52. The van der Waals surface area contributed by atoms with Crippen molar-refractivity contribution >= 4 is 17.5 Å². The minimum Gasteiger partial charge on any atom is -0.493 e. The highest BCUT2D eigenvalue weighted by molar-refractivity contribution is 6.13. The molecule has 0 unspecified atom stereocenters. The Morgan fingerprint density at radius 1 is 1.11 bits per heavy atom. The third kappa shape index (κ3) is 3.28. The van der Waals surface area contributed by atoms with Crippen molar-refractivity contribution in [3.63, 3.8) is 0 Å². The van der Waals surface area contributed by atoms with Crippen molar-refractivity contribution in [2.75, 3.05) is 33.2 Å². The molecule has 2 aromatic carbocycles. The number of carbonyl (C=O) groups excluding carboxylic acids is 2. The van der Waals surface area contributed by atoms with E-state index in [4.69, 9.17) is 14.2 Å². The lowest BCUT2D eigenvalue weighted by Crippen LogP contribution is -2.24. The van der Waals surface area contributed by atoms with E-state index in [1.807, 2.05) is 13.0 Å². The van der Waals surface area contributed by atoms with Gasteiger partial charge in [0.15, 0.2) is 11.5 Å². The molecule has 0 spiro atoms. The molecule has 0 saturated carbocycles. The van der Waals surface area contributed by atoms with Crippen LogP contribution in [0.15, 0.2) is 30.3 Å². The van der Waals surface area contributed by atoms with E-state index in [-0.39, 0.29) is 11.8 Å². The van der Waals surface area contributed by atoms with Crippen molar-refractivity contribution in [1.82, 2.24) is 4.90 Å². The normalized spacial score (nSPS) is 12.6. The van der Waals surface area contributed by atoms with E-state index in [0.29, 0.717) is 47.2 Å². The second kappa shape index (κ2) is 7.57. The summed E-state index contributed by atoms with van der Waals surface area (Å²) in [6.07, 6.45) is 0. The molecule has 0 aromatic heterocycles. The number of fused-ring (bicyclic) bond motifs is 1. The Bertz CT molecular complexity index is 869. The molecule has 7 heteroatoms. The quantitative estimate of drug-likeness (QED) is 0.846. The molecule has 0 atom stereocenters. The lowest BCUT2D eigenvalue weighted by molar-refractivity contribution is 0.0783. The molecule has 1 heterocycles. The van der Waals surface area contributed by atoms with E-state index < -0.39 is 0 Å². The summed E-state index contributed by atoms with van der Waals surface area (Å²) >= 11 is 0. The number of benzene rings is 2. The first-order valence-corrected chi connectivity index (χ1v) is 8.56. The average molecular weight is 370 g/mol. The fourth-order valence-corrected chi connectivity index (χ4v) is 3.22. The van der Waals surface area contributed by atoms with Crippen LogP contribution in [-0.2, 0) is 6.54 Å². The molecule has 0 bridgehead atoms. The van der Waals surface area contributed by atoms with E-state index in [9.17, 15) is 9.59 Å². The summed E-state index contributed by atoms with van der Waals surface area (Å²) in [6, 6.07) is 8.60. The largest absolute Gasteiger partial charge is 0.493 e. The average Bonchev–Trinajstić information content (AvgIpc) is 3.02. The highest BCUT2D eigenvalue weighted by atomic mass is 16.5. The highest BCUT2D eigenvalue weighted by Gasteiger charge is 2.30. The standard InChI is InChI=1S/C20H22N2O5/c1-5-22-11-12-7-6-8-14(17(12)20(22)24)19(23)21-13-9-15(25-2)18(27-4)16(10-13)26-3/h6-10H,5,11H2,1-4H3,(H,21,23). The third-order valence-electron chi connectivity index (χ3n) is 4.56. The monoisotopic (exact) mass is 370 g/mol. The van der Waals surface area contributed by atoms with Crippen LogP contribution < -0.4 is 19.5 Å². The van der Waals surface area contributed by atoms with Crippen molar-refractivity contribution in [3.05, 3.63) is 47.0 Å². The molecule has 7 nitrogen and oxygen atoms in total. The maximum Gasteiger partial charge on any atom is 0.256 e. The number of carbonyl (C=O) groups is 2. The Morgan fingerprint density at radius 3 is 2.33 bits per heavy atom. The van der Waals surface area contributed by atoms with Gasteiger partial charge in [-0.25, -0.2) is 0 Å². The number of hydrogen-bond donors (Lipinski definition) is 1. The van der Waals surface area contributed by atoms with Crippen molar-refractivity contribution in [2.24, 2.45) is 0 Å². The molecule has 2 aromatic rings. The van der Waals surface area contributed by atoms with E-state index in [1.54, 1.807) is 29.2 Å². The van der Waals surface area contributed by atoms with Gasteiger partial charge in [0.05, 0.1) is 32.5 Å². The fraction of sp³-hybridized carbons (Fsp3) is 0.300. The smallest absolute Gasteiger partial charge is 0.256 e. The summed E-state index contributed by atoms with van der Waals surface area (Å²) in [6.45, 7) is 3.04. The van der Waals surface area contributed by atoms with Crippen molar-refractivity contribution in [3.8, 4) is 17.2 Å². The van der Waals surface area contributed by atoms with E-state index >= 15 is 0 Å². The van der Waals surface area contributed by atoms with E-state index in [0.717, 1.165) is 5.56 Å². The van der Waals surface area contributed by atoms with Crippen molar-refractivity contribution in [1.29, 1.82) is 0 Å². The van der Waals surface area contributed by atoms with Gasteiger partial charge in [0.2, 0.25) is 5.75 Å². The lowest BCUT2D eigenvalue weighted by atomic mass is 10.0. The van der Waals surface area contributed by atoms with Crippen LogP contribution in [0.5, 0.6) is 17.2 Å². The molecule has 1 N–H and O–H groups in total. The Morgan fingerprint density at radius 2 is 1.78 bits per heavy atom. The summed E-state index contributed by atoms with van der Waals surface area (Å²) < 4.78 is 15.9. The molecule has 2 amide bonds. The molecular formula is C20H22N2O5. The summed E-state index contributed by atoms with van der Waals surface area (Å²) in [5.74, 6) is 0.806. The number of ether oxygens (including phenoxy) is 3. The van der Waals surface area contributed by atoms with Crippen LogP contribution in [0.2, 0.25) is 0 Å². The van der Waals surface area contributed by atoms with Gasteiger partial charge >= 0.3 is 0 Å². The number of nitrogens with zero attached hydrogens (tertiary/aromatic N) is 1. The van der Waals surface area contributed by atoms with Crippen LogP contribution in [0.4, 0.5) is 5.69 Å². The van der Waals surface area contributed by atoms with Gasteiger partial charge < -0.3 is 24.4 Å². The molecule has 1 aliphatic rings. The van der Waals surface area contributed by atoms with Crippen LogP contribution in [0.25, 0.3) is 0 Å². The second-order valence-electron chi connectivity index (χ2n) is 6.03. The SMILES string of the molecule is CCN1Cc2cccc(C(=O)Nc3cc(OC)c(OC)c(OC)c3)c2C1=O. The van der Waals surface area contributed by atoms with Crippen LogP contribution >= 0.6 is 0 Å². The van der Waals surface area contributed by atoms with Crippen LogP contribution in [0.1, 0.15) is 33.2 Å². The minimum absolute atomic E-state index is 0.122. The zero-order valence-electron chi connectivity index (χ0n) is 15.8. The number of amides is 2. The van der Waals surface area contributed by atoms with E-state index in [2.05, 4.69) is 5.32 Å². The highest BCUT2D eigenvalue weighted by Crippen LogP contribution is 2.40. The predicted octanol–water partition coefficient (Wildman–Crippen LogP) is 2.94. The molecule has 0 aliphatic carbocycles. The third-order valence-corrected chi connectivity index (χ3v) is 4.56. The van der Waals surface area contributed by atoms with Crippen molar-refractivity contribution < 1.29 is 23.8 Å². The van der Waals surface area contributed by atoms with Gasteiger partial charge in [-0.1, -0.05) is 12.1 Å². The van der Waals surface area contributed by atoms with E-state index in [1.165, 1.54) is 21.3 Å². The zero-order chi connectivity index (χ0) is 19.6. The lowest BCUT2D eigenvalue weighted by Gasteiger charge is -2.15. The first-order valence-electron chi connectivity index (χ1n) is 8.56. The van der Waals surface area contributed by atoms with Crippen LogP contribution in [0.3, 0.4) is 0 Å². The molecule has 27 heavy (non-hydrogen) atoms. The van der Waals surface area contributed by atoms with Crippen LogP contribution in [0, 0.1) is 0 Å². The van der Waals surface area contributed by atoms with Gasteiger partial charge in [0.1, 0.15) is 0 Å². The van der Waals surface area contributed by atoms with Gasteiger partial charge in [-0.15, -0.1) is 0 Å². The first kappa shape index (κ1) is 18.6. The molecule has 0 saturated heterocycles. The minimum atomic E-state index is -0.368. The summed E-state index contributed by atoms with van der Waals surface area (Å²) in [4.78, 5) is 27.2. The number of nitrogens with one attached hydrogen (secondary N) is 1. The van der Waals surface area contributed by atoms with Crippen molar-refractivity contribution in [2.45, 2.75) is 13.5 Å². The molecule has 0 radical (unpaired) electrons. The molecule has 1 aliphatic heterocycles. The number of anilines is 1. The second-order valence-corrected chi connectivity index (χ2v) is 6.03. The Hall–Kier alpha value is -3.22. The van der Waals surface area contributed by atoms with Gasteiger partial charge in [0.25, 0.3) is 11.8 Å². The maximum atomic E-state index is 12.9. The molecular weight excluding hydrogens is 348 g/mol. The Labute approximate surface area is 157 Å². The number of methoxy groups -OCH3 is 3. The molecule has 3 rings (SSSR count). The van der Waals surface area contributed by atoms with Gasteiger partial charge in [-0.05, 0) is 18.6 Å². The zero-order valence-corrected chi connectivity index (χ0v) is 15.8. The maximum absolute atomic E-state index is 12.9. The first-order chi connectivity index (χ1) is 13.0. The van der Waals surface area contributed by atoms with Gasteiger partial charge in [-0.3, -0.25) is 9.59 Å². The molecule has 142 valence electrons. The number of rotatable bonds is 6. The fourth-order valence-electron chi connectivity index (χ4n) is 3.22. The predicted molar refractivity (Wildman–Crippen MR) is 101 cm³/mol.